The highest BCUT2D eigenvalue weighted by atomic mass is 32.2. The SMILES string of the molecule is Nc1nc2cccc(-c3ccc(CNC4CCS(=O)(=O)C4)cc3)n2n1. The van der Waals surface area contributed by atoms with E-state index in [0.717, 1.165) is 16.8 Å². The van der Waals surface area contributed by atoms with E-state index in [1.54, 1.807) is 4.52 Å². The summed E-state index contributed by atoms with van der Waals surface area (Å²) in [6, 6.07) is 13.9. The maximum Gasteiger partial charge on any atom is 0.240 e. The summed E-state index contributed by atoms with van der Waals surface area (Å²) in [6.07, 6.45) is 0.691. The molecule has 3 aromatic rings. The molecule has 1 aliphatic rings. The first-order valence-corrected chi connectivity index (χ1v) is 9.97. The molecule has 8 heteroatoms. The predicted octanol–water partition coefficient (Wildman–Crippen LogP) is 1.26. The summed E-state index contributed by atoms with van der Waals surface area (Å²) in [5, 5.41) is 7.55. The minimum atomic E-state index is -2.85. The van der Waals surface area contributed by atoms with Gasteiger partial charge in [0.25, 0.3) is 0 Å². The van der Waals surface area contributed by atoms with Gasteiger partial charge in [-0.25, -0.2) is 12.9 Å². The van der Waals surface area contributed by atoms with Gasteiger partial charge in [-0.3, -0.25) is 0 Å². The second-order valence-electron chi connectivity index (χ2n) is 6.33. The van der Waals surface area contributed by atoms with Crippen LogP contribution in [0, 0.1) is 0 Å². The van der Waals surface area contributed by atoms with Crippen LogP contribution in [0.3, 0.4) is 0 Å². The molecule has 130 valence electrons. The van der Waals surface area contributed by atoms with Crippen LogP contribution < -0.4 is 11.1 Å². The molecule has 0 radical (unpaired) electrons. The highest BCUT2D eigenvalue weighted by molar-refractivity contribution is 7.91. The van der Waals surface area contributed by atoms with Gasteiger partial charge in [-0.2, -0.15) is 4.98 Å². The molecule has 25 heavy (non-hydrogen) atoms. The molecule has 3 heterocycles. The second kappa shape index (κ2) is 6.12. The number of nitrogens with zero attached hydrogens (tertiary/aromatic N) is 3. The number of nitrogen functional groups attached to an aromatic ring is 1. The molecule has 1 saturated heterocycles. The molecule has 4 rings (SSSR count). The summed E-state index contributed by atoms with van der Waals surface area (Å²) < 4.78 is 24.7. The van der Waals surface area contributed by atoms with Crippen LogP contribution in [0.4, 0.5) is 5.95 Å². The van der Waals surface area contributed by atoms with Gasteiger partial charge in [0.05, 0.1) is 17.2 Å². The van der Waals surface area contributed by atoms with Crippen molar-refractivity contribution in [2.24, 2.45) is 0 Å². The third-order valence-corrected chi connectivity index (χ3v) is 6.22. The number of fused-ring (bicyclic) bond motifs is 1. The van der Waals surface area contributed by atoms with E-state index >= 15 is 0 Å². The lowest BCUT2D eigenvalue weighted by atomic mass is 10.1. The zero-order valence-corrected chi connectivity index (χ0v) is 14.4. The monoisotopic (exact) mass is 357 g/mol. The highest BCUT2D eigenvalue weighted by Crippen LogP contribution is 2.21. The van der Waals surface area contributed by atoms with Crippen LogP contribution in [0.5, 0.6) is 0 Å². The van der Waals surface area contributed by atoms with Crippen molar-refractivity contribution in [3.63, 3.8) is 0 Å². The largest absolute Gasteiger partial charge is 0.366 e. The molecule has 1 unspecified atom stereocenters. The first-order chi connectivity index (χ1) is 12.0. The molecule has 7 nitrogen and oxygen atoms in total. The van der Waals surface area contributed by atoms with E-state index in [0.29, 0.717) is 18.6 Å². The Morgan fingerprint density at radius 1 is 1.20 bits per heavy atom. The number of pyridine rings is 1. The highest BCUT2D eigenvalue weighted by Gasteiger charge is 2.27. The molecular weight excluding hydrogens is 338 g/mol. The van der Waals surface area contributed by atoms with Gasteiger partial charge in [0.1, 0.15) is 0 Å². The number of sulfone groups is 1. The van der Waals surface area contributed by atoms with Crippen molar-refractivity contribution in [2.45, 2.75) is 19.0 Å². The molecule has 0 aliphatic carbocycles. The van der Waals surface area contributed by atoms with E-state index in [-0.39, 0.29) is 23.5 Å². The van der Waals surface area contributed by atoms with Crippen molar-refractivity contribution in [1.82, 2.24) is 19.9 Å². The lowest BCUT2D eigenvalue weighted by Crippen LogP contribution is -2.29. The Bertz CT molecular complexity index is 1010. The van der Waals surface area contributed by atoms with Crippen molar-refractivity contribution >= 4 is 21.4 Å². The lowest BCUT2D eigenvalue weighted by molar-refractivity contribution is 0.554. The molecule has 2 aromatic heterocycles. The Morgan fingerprint density at radius 3 is 2.72 bits per heavy atom. The number of rotatable bonds is 4. The number of benzene rings is 1. The smallest absolute Gasteiger partial charge is 0.240 e. The average molecular weight is 357 g/mol. The standard InChI is InChI=1S/C17H19N5O2S/c18-17-20-16-3-1-2-15(22(16)21-17)13-6-4-12(5-7-13)10-19-14-8-9-25(23,24)11-14/h1-7,14,19H,8-11H2,(H2,18,21). The summed E-state index contributed by atoms with van der Waals surface area (Å²) >= 11 is 0. The summed E-state index contributed by atoms with van der Waals surface area (Å²) in [4.78, 5) is 4.17. The van der Waals surface area contributed by atoms with Gasteiger partial charge in [0.2, 0.25) is 5.95 Å². The first kappa shape index (κ1) is 16.0. The minimum absolute atomic E-state index is 0.0524. The van der Waals surface area contributed by atoms with Gasteiger partial charge in [-0.1, -0.05) is 30.3 Å². The summed E-state index contributed by atoms with van der Waals surface area (Å²) in [5.41, 5.74) is 9.44. The van der Waals surface area contributed by atoms with E-state index in [2.05, 4.69) is 15.4 Å². The molecule has 0 spiro atoms. The van der Waals surface area contributed by atoms with Crippen LogP contribution in [-0.2, 0) is 16.4 Å². The Morgan fingerprint density at radius 2 is 2.00 bits per heavy atom. The molecule has 1 aromatic carbocycles. The molecule has 0 amide bonds. The van der Waals surface area contributed by atoms with Crippen molar-refractivity contribution in [3.8, 4) is 11.3 Å². The van der Waals surface area contributed by atoms with Gasteiger partial charge < -0.3 is 11.1 Å². The van der Waals surface area contributed by atoms with Crippen LogP contribution in [0.2, 0.25) is 0 Å². The van der Waals surface area contributed by atoms with E-state index in [1.807, 2.05) is 42.5 Å². The third kappa shape index (κ3) is 3.35. The maximum atomic E-state index is 11.5. The van der Waals surface area contributed by atoms with Crippen molar-refractivity contribution < 1.29 is 8.42 Å². The minimum Gasteiger partial charge on any atom is -0.366 e. The van der Waals surface area contributed by atoms with Crippen LogP contribution >= 0.6 is 0 Å². The number of nitrogens with one attached hydrogen (secondary N) is 1. The normalized spacial score (nSPS) is 19.4. The Balaban J connectivity index is 1.50. The number of hydrogen-bond donors (Lipinski definition) is 2. The number of anilines is 1. The lowest BCUT2D eigenvalue weighted by Gasteiger charge is -2.11. The van der Waals surface area contributed by atoms with E-state index < -0.39 is 9.84 Å². The number of hydrogen-bond acceptors (Lipinski definition) is 6. The van der Waals surface area contributed by atoms with Crippen LogP contribution in [0.25, 0.3) is 16.9 Å². The van der Waals surface area contributed by atoms with Crippen LogP contribution in [0.1, 0.15) is 12.0 Å². The van der Waals surface area contributed by atoms with Crippen molar-refractivity contribution in [2.75, 3.05) is 17.2 Å². The average Bonchev–Trinajstić information content (AvgIpc) is 3.14. The van der Waals surface area contributed by atoms with Gasteiger partial charge in [0, 0.05) is 18.2 Å². The Hall–Kier alpha value is -2.45. The molecule has 3 N–H and O–H groups in total. The molecule has 1 fully saturated rings. The van der Waals surface area contributed by atoms with Crippen LogP contribution in [0.15, 0.2) is 42.5 Å². The van der Waals surface area contributed by atoms with Gasteiger partial charge in [-0.15, -0.1) is 5.10 Å². The van der Waals surface area contributed by atoms with Crippen LogP contribution in [-0.4, -0.2) is 40.6 Å². The summed E-state index contributed by atoms with van der Waals surface area (Å²) in [7, 11) is -2.85. The molecule has 0 bridgehead atoms. The molecule has 0 saturated carbocycles. The van der Waals surface area contributed by atoms with Gasteiger partial charge >= 0.3 is 0 Å². The molecule has 1 atom stereocenters. The van der Waals surface area contributed by atoms with E-state index in [9.17, 15) is 8.42 Å². The summed E-state index contributed by atoms with van der Waals surface area (Å²) in [5.74, 6) is 0.773. The maximum absolute atomic E-state index is 11.5. The van der Waals surface area contributed by atoms with Gasteiger partial charge in [0.15, 0.2) is 15.5 Å². The zero-order valence-electron chi connectivity index (χ0n) is 13.6. The van der Waals surface area contributed by atoms with E-state index in [1.165, 1.54) is 0 Å². The van der Waals surface area contributed by atoms with Gasteiger partial charge in [-0.05, 0) is 24.1 Å². The topological polar surface area (TPSA) is 102 Å². The molecule has 1 aliphatic heterocycles. The number of nitrogens with two attached hydrogens (primary N) is 1. The third-order valence-electron chi connectivity index (χ3n) is 4.45. The Labute approximate surface area is 145 Å². The fraction of sp³-hybridized carbons (Fsp3) is 0.294. The fourth-order valence-corrected chi connectivity index (χ4v) is 4.86. The van der Waals surface area contributed by atoms with E-state index in [4.69, 9.17) is 5.73 Å². The second-order valence-corrected chi connectivity index (χ2v) is 8.56. The fourth-order valence-electron chi connectivity index (χ4n) is 3.15. The molecular formula is C17H19N5O2S. The first-order valence-electron chi connectivity index (χ1n) is 8.15. The zero-order chi connectivity index (χ0) is 17.4. The Kier molecular flexibility index (Phi) is 3.93. The predicted molar refractivity (Wildman–Crippen MR) is 96.7 cm³/mol. The van der Waals surface area contributed by atoms with Crippen molar-refractivity contribution in [1.29, 1.82) is 0 Å². The number of aromatic nitrogens is 3. The van der Waals surface area contributed by atoms with Crippen molar-refractivity contribution in [3.05, 3.63) is 48.0 Å². The quantitative estimate of drug-likeness (QED) is 0.729. The summed E-state index contributed by atoms with van der Waals surface area (Å²) in [6.45, 7) is 0.654.